The zero-order chi connectivity index (χ0) is 12.8. The van der Waals surface area contributed by atoms with Gasteiger partial charge < -0.3 is 10.1 Å². The van der Waals surface area contributed by atoms with Crippen molar-refractivity contribution in [2.45, 2.75) is 26.3 Å². The summed E-state index contributed by atoms with van der Waals surface area (Å²) in [6.07, 6.45) is 0.326. The zero-order valence-corrected chi connectivity index (χ0v) is 12.1. The molecule has 0 spiro atoms. The van der Waals surface area contributed by atoms with E-state index in [4.69, 9.17) is 16.3 Å². The van der Waals surface area contributed by atoms with Crippen LogP contribution in [0.4, 0.5) is 5.69 Å². The standard InChI is InChI=1S/C12H15BrClNO2/c1-3-17-12(16)6-8(2)15-11-7-9(14)4-5-10(11)13/h4-5,7-8,15H,3,6H2,1-2H3. The second-order valence-corrected chi connectivity index (χ2v) is 4.97. The van der Waals surface area contributed by atoms with Gasteiger partial charge in [0.25, 0.3) is 0 Å². The smallest absolute Gasteiger partial charge is 0.307 e. The van der Waals surface area contributed by atoms with Crippen molar-refractivity contribution in [1.82, 2.24) is 0 Å². The number of nitrogens with one attached hydrogen (secondary N) is 1. The molecular weight excluding hydrogens is 305 g/mol. The van der Waals surface area contributed by atoms with Crippen LogP contribution < -0.4 is 5.32 Å². The quantitative estimate of drug-likeness (QED) is 0.837. The molecule has 0 fully saturated rings. The fraction of sp³-hybridized carbons (Fsp3) is 0.417. The van der Waals surface area contributed by atoms with Crippen molar-refractivity contribution in [3.63, 3.8) is 0 Å². The fourth-order valence-corrected chi connectivity index (χ4v) is 1.93. The Morgan fingerprint density at radius 2 is 2.29 bits per heavy atom. The van der Waals surface area contributed by atoms with Gasteiger partial charge in [-0.2, -0.15) is 0 Å². The second kappa shape index (κ2) is 6.87. The van der Waals surface area contributed by atoms with E-state index in [0.29, 0.717) is 18.1 Å². The molecule has 0 aliphatic carbocycles. The molecule has 3 nitrogen and oxygen atoms in total. The summed E-state index contributed by atoms with van der Waals surface area (Å²) in [7, 11) is 0. The molecule has 17 heavy (non-hydrogen) atoms. The van der Waals surface area contributed by atoms with Crippen LogP contribution in [0.3, 0.4) is 0 Å². The fourth-order valence-electron chi connectivity index (χ4n) is 1.39. The number of carbonyl (C=O) groups is 1. The van der Waals surface area contributed by atoms with Crippen LogP contribution in [0, 0.1) is 0 Å². The first kappa shape index (κ1) is 14.3. The first-order valence-electron chi connectivity index (χ1n) is 5.40. The van der Waals surface area contributed by atoms with Crippen LogP contribution in [0.15, 0.2) is 22.7 Å². The van der Waals surface area contributed by atoms with E-state index in [1.807, 2.05) is 19.1 Å². The van der Waals surface area contributed by atoms with E-state index in [2.05, 4.69) is 21.2 Å². The summed E-state index contributed by atoms with van der Waals surface area (Å²) in [5.74, 6) is -0.203. The molecule has 0 heterocycles. The molecule has 0 aliphatic rings. The van der Waals surface area contributed by atoms with Gasteiger partial charge in [-0.25, -0.2) is 0 Å². The van der Waals surface area contributed by atoms with Crippen molar-refractivity contribution in [3.05, 3.63) is 27.7 Å². The number of hydrogen-bond acceptors (Lipinski definition) is 3. The summed E-state index contributed by atoms with van der Waals surface area (Å²) >= 11 is 9.32. The van der Waals surface area contributed by atoms with Gasteiger partial charge in [-0.3, -0.25) is 4.79 Å². The Hall–Kier alpha value is -0.740. The summed E-state index contributed by atoms with van der Waals surface area (Å²) in [5.41, 5.74) is 0.870. The maximum absolute atomic E-state index is 11.3. The SMILES string of the molecule is CCOC(=O)CC(C)Nc1cc(Cl)ccc1Br. The van der Waals surface area contributed by atoms with Crippen molar-refractivity contribution in [1.29, 1.82) is 0 Å². The van der Waals surface area contributed by atoms with Crippen molar-refractivity contribution in [2.24, 2.45) is 0 Å². The lowest BCUT2D eigenvalue weighted by Gasteiger charge is -2.15. The lowest BCUT2D eigenvalue weighted by atomic mass is 10.2. The number of hydrogen-bond donors (Lipinski definition) is 1. The molecule has 0 amide bonds. The van der Waals surface area contributed by atoms with Crippen molar-refractivity contribution in [3.8, 4) is 0 Å². The number of halogens is 2. The largest absolute Gasteiger partial charge is 0.466 e. The summed E-state index contributed by atoms with van der Waals surface area (Å²) in [6.45, 7) is 4.13. The van der Waals surface area contributed by atoms with Crippen LogP contribution in [-0.4, -0.2) is 18.6 Å². The monoisotopic (exact) mass is 319 g/mol. The van der Waals surface area contributed by atoms with Gasteiger partial charge in [-0.1, -0.05) is 11.6 Å². The molecule has 1 aromatic rings. The highest BCUT2D eigenvalue weighted by atomic mass is 79.9. The van der Waals surface area contributed by atoms with Crippen molar-refractivity contribution < 1.29 is 9.53 Å². The molecule has 5 heteroatoms. The van der Waals surface area contributed by atoms with Crippen LogP contribution in [0.25, 0.3) is 0 Å². The number of benzene rings is 1. The molecule has 0 aliphatic heterocycles. The summed E-state index contributed by atoms with van der Waals surface area (Å²) in [6, 6.07) is 5.46. The Balaban J connectivity index is 2.58. The van der Waals surface area contributed by atoms with Crippen molar-refractivity contribution >= 4 is 39.2 Å². The Kier molecular flexibility index (Phi) is 5.78. The molecule has 1 unspecified atom stereocenters. The van der Waals surface area contributed by atoms with Gasteiger partial charge in [-0.15, -0.1) is 0 Å². The minimum Gasteiger partial charge on any atom is -0.466 e. The molecule has 1 rings (SSSR count). The van der Waals surface area contributed by atoms with E-state index in [1.54, 1.807) is 13.0 Å². The molecule has 0 bridgehead atoms. The highest BCUT2D eigenvalue weighted by molar-refractivity contribution is 9.10. The Labute approximate surface area is 115 Å². The van der Waals surface area contributed by atoms with Crippen LogP contribution in [0.5, 0.6) is 0 Å². The predicted molar refractivity (Wildman–Crippen MR) is 73.5 cm³/mol. The Bertz CT molecular complexity index is 398. The van der Waals surface area contributed by atoms with Crippen LogP contribution >= 0.6 is 27.5 Å². The predicted octanol–water partition coefficient (Wildman–Crippen LogP) is 3.86. The van der Waals surface area contributed by atoms with E-state index >= 15 is 0 Å². The van der Waals surface area contributed by atoms with Gasteiger partial charge in [0.1, 0.15) is 0 Å². The van der Waals surface area contributed by atoms with Gasteiger partial charge in [0, 0.05) is 15.5 Å². The highest BCUT2D eigenvalue weighted by Crippen LogP contribution is 2.26. The molecule has 0 saturated carbocycles. The molecular formula is C12H15BrClNO2. The molecule has 0 saturated heterocycles. The van der Waals surface area contributed by atoms with Gasteiger partial charge in [0.15, 0.2) is 0 Å². The van der Waals surface area contributed by atoms with E-state index in [1.165, 1.54) is 0 Å². The average Bonchev–Trinajstić information content (AvgIpc) is 2.23. The molecule has 0 radical (unpaired) electrons. The summed E-state index contributed by atoms with van der Waals surface area (Å²) in [5, 5.41) is 3.86. The molecule has 1 N–H and O–H groups in total. The lowest BCUT2D eigenvalue weighted by molar-refractivity contribution is -0.143. The minimum atomic E-state index is -0.203. The highest BCUT2D eigenvalue weighted by Gasteiger charge is 2.11. The van der Waals surface area contributed by atoms with Crippen LogP contribution in [-0.2, 0) is 9.53 Å². The van der Waals surface area contributed by atoms with E-state index in [0.717, 1.165) is 10.2 Å². The van der Waals surface area contributed by atoms with Gasteiger partial charge in [0.05, 0.1) is 18.7 Å². The minimum absolute atomic E-state index is 0.0104. The molecule has 94 valence electrons. The average molecular weight is 321 g/mol. The molecule has 0 aromatic heterocycles. The van der Waals surface area contributed by atoms with Crippen molar-refractivity contribution in [2.75, 3.05) is 11.9 Å². The number of rotatable bonds is 5. The molecule has 1 atom stereocenters. The Morgan fingerprint density at radius 1 is 1.59 bits per heavy atom. The lowest BCUT2D eigenvalue weighted by Crippen LogP contribution is -2.21. The zero-order valence-electron chi connectivity index (χ0n) is 9.80. The molecule has 1 aromatic carbocycles. The maximum atomic E-state index is 11.3. The third kappa shape index (κ3) is 4.96. The van der Waals surface area contributed by atoms with E-state index < -0.39 is 0 Å². The maximum Gasteiger partial charge on any atom is 0.307 e. The number of esters is 1. The van der Waals surface area contributed by atoms with Gasteiger partial charge in [0.2, 0.25) is 0 Å². The van der Waals surface area contributed by atoms with E-state index in [9.17, 15) is 4.79 Å². The van der Waals surface area contributed by atoms with Gasteiger partial charge >= 0.3 is 5.97 Å². The third-order valence-electron chi connectivity index (χ3n) is 2.11. The number of anilines is 1. The first-order chi connectivity index (χ1) is 8.02. The summed E-state index contributed by atoms with van der Waals surface area (Å²) in [4.78, 5) is 11.3. The topological polar surface area (TPSA) is 38.3 Å². The first-order valence-corrected chi connectivity index (χ1v) is 6.57. The third-order valence-corrected chi connectivity index (χ3v) is 3.04. The normalized spacial score (nSPS) is 12.0. The van der Waals surface area contributed by atoms with E-state index in [-0.39, 0.29) is 12.0 Å². The number of ether oxygens (including phenoxy) is 1. The second-order valence-electron chi connectivity index (χ2n) is 3.68. The van der Waals surface area contributed by atoms with Crippen LogP contribution in [0.2, 0.25) is 5.02 Å². The Morgan fingerprint density at radius 3 is 2.94 bits per heavy atom. The summed E-state index contributed by atoms with van der Waals surface area (Å²) < 4.78 is 5.80. The number of carbonyl (C=O) groups excluding carboxylic acids is 1. The van der Waals surface area contributed by atoms with Gasteiger partial charge in [-0.05, 0) is 48.0 Å². The van der Waals surface area contributed by atoms with Crippen LogP contribution in [0.1, 0.15) is 20.3 Å².